The van der Waals surface area contributed by atoms with Gasteiger partial charge in [-0.1, -0.05) is 65.3 Å². The molecule has 0 radical (unpaired) electrons. The topological polar surface area (TPSA) is 73.1 Å². The molecule has 40 heavy (non-hydrogen) atoms. The summed E-state index contributed by atoms with van der Waals surface area (Å²) < 4.78 is 8.28. The van der Waals surface area contributed by atoms with Gasteiger partial charge in [0.25, 0.3) is 0 Å². The van der Waals surface area contributed by atoms with Gasteiger partial charge in [0.2, 0.25) is 5.88 Å². The van der Waals surface area contributed by atoms with Crippen LogP contribution in [-0.2, 0) is 31.9 Å². The number of rotatable bonds is 3. The van der Waals surface area contributed by atoms with Crippen molar-refractivity contribution in [1.29, 1.82) is 0 Å². The van der Waals surface area contributed by atoms with Crippen LogP contribution in [0.4, 0.5) is 0 Å². The van der Waals surface area contributed by atoms with Gasteiger partial charge in [-0.3, -0.25) is 0 Å². The van der Waals surface area contributed by atoms with Crippen molar-refractivity contribution in [3.63, 3.8) is 0 Å². The molecule has 1 N–H and O–H groups in total. The molecule has 6 rings (SSSR count). The van der Waals surface area contributed by atoms with Crippen LogP contribution in [0.25, 0.3) is 38.7 Å². The van der Waals surface area contributed by atoms with E-state index in [-0.39, 0.29) is 43.5 Å². The minimum absolute atomic E-state index is 0. The first-order chi connectivity index (χ1) is 18.5. The summed E-state index contributed by atoms with van der Waals surface area (Å²) in [6.07, 6.45) is 3.43. The van der Waals surface area contributed by atoms with Crippen molar-refractivity contribution in [1.82, 2.24) is 19.5 Å². The summed E-state index contributed by atoms with van der Waals surface area (Å²) in [5.41, 5.74) is 5.34. The Kier molecular flexibility index (Phi) is 6.96. The van der Waals surface area contributed by atoms with Crippen LogP contribution in [0, 0.1) is 6.07 Å². The number of fused-ring (bicyclic) bond motifs is 4. The number of hydrogen-bond acceptors (Lipinski definition) is 5. The molecule has 3 heterocycles. The van der Waals surface area contributed by atoms with E-state index in [0.717, 1.165) is 27.6 Å². The molecule has 206 valence electrons. The number of aromatic hydroxyl groups is 1. The van der Waals surface area contributed by atoms with E-state index < -0.39 is 0 Å². The van der Waals surface area contributed by atoms with Crippen LogP contribution in [0.2, 0.25) is 0 Å². The summed E-state index contributed by atoms with van der Waals surface area (Å²) in [4.78, 5) is 13.7. The molecule has 7 heteroatoms. The van der Waals surface area contributed by atoms with Gasteiger partial charge in [0.15, 0.2) is 0 Å². The van der Waals surface area contributed by atoms with E-state index in [1.807, 2.05) is 12.3 Å². The summed E-state index contributed by atoms with van der Waals surface area (Å²) in [6.45, 7) is 13.3. The smallest absolute Gasteiger partial charge is 0.236 e. The molecule has 3 aromatic carbocycles. The summed E-state index contributed by atoms with van der Waals surface area (Å²) in [6, 6.07) is 23.4. The van der Waals surface area contributed by atoms with Crippen molar-refractivity contribution in [2.45, 2.75) is 52.4 Å². The molecule has 0 unspecified atom stereocenters. The maximum absolute atomic E-state index is 10.2. The molecule has 0 bridgehead atoms. The molecule has 0 amide bonds. The zero-order chi connectivity index (χ0) is 27.5. The molecule has 0 aliphatic heterocycles. The number of aromatic nitrogens is 4. The molecule has 0 saturated carbocycles. The number of phenols is 1. The number of hydrogen-bond donors (Lipinski definition) is 1. The van der Waals surface area contributed by atoms with E-state index in [1.54, 1.807) is 24.4 Å². The molecule has 0 aliphatic rings. The fraction of sp³-hybridized carbons (Fsp3) is 0.242. The van der Waals surface area contributed by atoms with E-state index in [2.05, 4.69) is 98.5 Å². The largest absolute Gasteiger partial charge is 0.506 e. The van der Waals surface area contributed by atoms with Crippen LogP contribution in [0.1, 0.15) is 52.7 Å². The van der Waals surface area contributed by atoms with E-state index >= 15 is 0 Å². The second-order valence-corrected chi connectivity index (χ2v) is 12.0. The van der Waals surface area contributed by atoms with Crippen molar-refractivity contribution in [3.05, 3.63) is 90.3 Å². The van der Waals surface area contributed by atoms with Crippen LogP contribution >= 0.6 is 0 Å². The van der Waals surface area contributed by atoms with Crippen LogP contribution < -0.4 is 4.74 Å². The van der Waals surface area contributed by atoms with Crippen molar-refractivity contribution in [3.8, 4) is 23.2 Å². The number of pyridine rings is 1. The van der Waals surface area contributed by atoms with Crippen molar-refractivity contribution in [2.24, 2.45) is 0 Å². The minimum Gasteiger partial charge on any atom is -0.506 e. The van der Waals surface area contributed by atoms with Gasteiger partial charge in [0, 0.05) is 38.5 Å². The first-order valence-electron chi connectivity index (χ1n) is 13.1. The Balaban J connectivity index is 0.00000323. The van der Waals surface area contributed by atoms with Crippen molar-refractivity contribution < 1.29 is 30.9 Å². The van der Waals surface area contributed by atoms with E-state index in [0.29, 0.717) is 16.8 Å². The maximum atomic E-state index is 10.2. The Morgan fingerprint density at radius 2 is 1.55 bits per heavy atom. The summed E-state index contributed by atoms with van der Waals surface area (Å²) in [5, 5.41) is 12.4. The number of nitrogens with zero attached hydrogens (tertiary/aromatic N) is 4. The Hall–Kier alpha value is -3.76. The third-order valence-corrected chi connectivity index (χ3v) is 7.10. The fourth-order valence-corrected chi connectivity index (χ4v) is 4.86. The van der Waals surface area contributed by atoms with Gasteiger partial charge in [-0.15, -0.1) is 17.5 Å². The third kappa shape index (κ3) is 4.97. The van der Waals surface area contributed by atoms with E-state index in [1.165, 1.54) is 11.1 Å². The van der Waals surface area contributed by atoms with Crippen LogP contribution in [0.5, 0.6) is 17.4 Å². The SMILES string of the molecule is CC(C)(C)c1ccnc(-n2c3[c-]c(Oc4cnc5cccc(O)c5n4)ccc3c3ccc(C(C)(C)C)cc32)c1.[Pt]. The first kappa shape index (κ1) is 27.8. The Morgan fingerprint density at radius 1 is 0.825 bits per heavy atom. The second kappa shape index (κ2) is 10.0. The van der Waals surface area contributed by atoms with Gasteiger partial charge in [-0.05, 0) is 57.7 Å². The molecule has 0 spiro atoms. The van der Waals surface area contributed by atoms with Crippen LogP contribution in [-0.4, -0.2) is 24.6 Å². The van der Waals surface area contributed by atoms with Gasteiger partial charge >= 0.3 is 0 Å². The molecule has 6 nitrogen and oxygen atoms in total. The van der Waals surface area contributed by atoms with Crippen LogP contribution in [0.3, 0.4) is 0 Å². The molecule has 6 aromatic rings. The predicted molar refractivity (Wildman–Crippen MR) is 156 cm³/mol. The zero-order valence-electron chi connectivity index (χ0n) is 23.4. The average molecular weight is 711 g/mol. The predicted octanol–water partition coefficient (Wildman–Crippen LogP) is 8.01. The second-order valence-electron chi connectivity index (χ2n) is 12.0. The van der Waals surface area contributed by atoms with Gasteiger partial charge in [0.1, 0.15) is 17.1 Å². The molecule has 0 saturated heterocycles. The average Bonchev–Trinajstić information content (AvgIpc) is 3.21. The molecular formula is C33H31N4O2Pt-. The number of ether oxygens (including phenoxy) is 1. The molecule has 3 aromatic heterocycles. The Morgan fingerprint density at radius 3 is 2.30 bits per heavy atom. The normalized spacial score (nSPS) is 12.2. The summed E-state index contributed by atoms with van der Waals surface area (Å²) in [7, 11) is 0. The molecule has 0 atom stereocenters. The van der Waals surface area contributed by atoms with E-state index in [4.69, 9.17) is 9.72 Å². The maximum Gasteiger partial charge on any atom is 0.236 e. The molecule has 0 aliphatic carbocycles. The van der Waals surface area contributed by atoms with Gasteiger partial charge in [0.05, 0.1) is 11.7 Å². The van der Waals surface area contributed by atoms with Gasteiger partial charge in [-0.2, -0.15) is 6.07 Å². The van der Waals surface area contributed by atoms with Gasteiger partial charge < -0.3 is 14.4 Å². The molecular weight excluding hydrogens is 679 g/mol. The number of para-hydroxylation sites is 1. The number of benzene rings is 3. The standard InChI is InChI=1S/C33H31N4O2.Pt/c1-32(2,3)20-10-12-23-24-13-11-22(39-30-19-35-25-8-7-9-28(38)31(25)36-30)18-27(24)37(26(23)16-20)29-17-21(14-15-34-29)33(4,5)6;/h7-17,19,38H,1-6H3;/q-1;. The first-order valence-corrected chi connectivity index (χ1v) is 13.1. The van der Waals surface area contributed by atoms with E-state index in [9.17, 15) is 5.11 Å². The van der Waals surface area contributed by atoms with Gasteiger partial charge in [-0.25, -0.2) is 15.0 Å². The quantitative estimate of drug-likeness (QED) is 0.189. The third-order valence-electron chi connectivity index (χ3n) is 7.10. The van der Waals surface area contributed by atoms with Crippen molar-refractivity contribution in [2.75, 3.05) is 0 Å². The summed E-state index contributed by atoms with van der Waals surface area (Å²) in [5.74, 6) is 1.67. The number of phenolic OH excluding ortho intramolecular Hbond substituents is 1. The Labute approximate surface area is 248 Å². The fourth-order valence-electron chi connectivity index (χ4n) is 4.86. The summed E-state index contributed by atoms with van der Waals surface area (Å²) >= 11 is 0. The van der Waals surface area contributed by atoms with Crippen molar-refractivity contribution >= 4 is 32.8 Å². The van der Waals surface area contributed by atoms with Crippen LogP contribution in [0.15, 0.2) is 73.1 Å². The Bertz CT molecular complexity index is 1880. The molecule has 0 fully saturated rings. The zero-order valence-corrected chi connectivity index (χ0v) is 25.7. The minimum atomic E-state index is -0.0225. The monoisotopic (exact) mass is 710 g/mol.